The minimum absolute atomic E-state index is 0.165. The summed E-state index contributed by atoms with van der Waals surface area (Å²) in [5.74, 6) is 0. The molecule has 0 amide bonds. The third-order valence-electron chi connectivity index (χ3n) is 2.84. The Labute approximate surface area is 105 Å². The first kappa shape index (κ1) is 14.2. The average Bonchev–Trinajstić information content (AvgIpc) is 2.36. The molecule has 2 unspecified atom stereocenters. The van der Waals surface area contributed by atoms with Crippen molar-refractivity contribution in [1.29, 1.82) is 0 Å². The van der Waals surface area contributed by atoms with Gasteiger partial charge in [0.15, 0.2) is 0 Å². The summed E-state index contributed by atoms with van der Waals surface area (Å²) < 4.78 is 6.12. The monoisotopic (exact) mass is 235 g/mol. The predicted molar refractivity (Wildman–Crippen MR) is 73.2 cm³/mol. The second kappa shape index (κ2) is 8.26. The standard InChI is InChI=1S/C15H25NO/c1-4-9-13(3)17-15(12-16-5-2)14-10-7-6-8-11-14/h6-8,10-11,13,15-16H,4-5,9,12H2,1-3H3. The van der Waals surface area contributed by atoms with Crippen molar-refractivity contribution >= 4 is 0 Å². The first-order valence-electron chi connectivity index (χ1n) is 6.69. The lowest BCUT2D eigenvalue weighted by Crippen LogP contribution is -2.25. The van der Waals surface area contributed by atoms with Crippen molar-refractivity contribution in [2.24, 2.45) is 0 Å². The van der Waals surface area contributed by atoms with Gasteiger partial charge in [0, 0.05) is 6.54 Å². The van der Waals surface area contributed by atoms with Gasteiger partial charge in [-0.25, -0.2) is 0 Å². The van der Waals surface area contributed by atoms with Crippen LogP contribution < -0.4 is 5.32 Å². The minimum atomic E-state index is 0.165. The fraction of sp³-hybridized carbons (Fsp3) is 0.600. The third kappa shape index (κ3) is 5.33. The van der Waals surface area contributed by atoms with Gasteiger partial charge in [0.1, 0.15) is 0 Å². The van der Waals surface area contributed by atoms with Gasteiger partial charge in [-0.1, -0.05) is 50.6 Å². The maximum absolute atomic E-state index is 6.12. The van der Waals surface area contributed by atoms with Crippen LogP contribution in [-0.4, -0.2) is 19.2 Å². The summed E-state index contributed by atoms with van der Waals surface area (Å²) in [6.07, 6.45) is 2.78. The van der Waals surface area contributed by atoms with Crippen LogP contribution in [0.2, 0.25) is 0 Å². The maximum Gasteiger partial charge on any atom is 0.0952 e. The van der Waals surface area contributed by atoms with Crippen molar-refractivity contribution < 1.29 is 4.74 Å². The molecule has 0 bridgehead atoms. The van der Waals surface area contributed by atoms with Crippen molar-refractivity contribution in [2.75, 3.05) is 13.1 Å². The number of rotatable bonds is 8. The van der Waals surface area contributed by atoms with Crippen LogP contribution >= 0.6 is 0 Å². The Morgan fingerprint density at radius 3 is 2.47 bits per heavy atom. The highest BCUT2D eigenvalue weighted by Gasteiger charge is 2.14. The lowest BCUT2D eigenvalue weighted by molar-refractivity contribution is -0.00696. The van der Waals surface area contributed by atoms with E-state index in [4.69, 9.17) is 4.74 Å². The van der Waals surface area contributed by atoms with Crippen LogP contribution in [0.25, 0.3) is 0 Å². The minimum Gasteiger partial charge on any atom is -0.369 e. The van der Waals surface area contributed by atoms with E-state index >= 15 is 0 Å². The molecule has 2 atom stereocenters. The lowest BCUT2D eigenvalue weighted by Gasteiger charge is -2.23. The molecule has 0 radical (unpaired) electrons. The number of ether oxygens (including phenoxy) is 1. The predicted octanol–water partition coefficient (Wildman–Crippen LogP) is 3.54. The van der Waals surface area contributed by atoms with Gasteiger partial charge in [-0.15, -0.1) is 0 Å². The van der Waals surface area contributed by atoms with Crippen molar-refractivity contribution in [2.45, 2.75) is 45.8 Å². The fourth-order valence-corrected chi connectivity index (χ4v) is 1.94. The molecular formula is C15H25NO. The van der Waals surface area contributed by atoms with Gasteiger partial charge in [-0.05, 0) is 25.5 Å². The number of likely N-dealkylation sites (N-methyl/N-ethyl adjacent to an activating group) is 1. The molecule has 96 valence electrons. The van der Waals surface area contributed by atoms with E-state index in [1.54, 1.807) is 0 Å². The fourth-order valence-electron chi connectivity index (χ4n) is 1.94. The second-order valence-corrected chi connectivity index (χ2v) is 4.44. The summed E-state index contributed by atoms with van der Waals surface area (Å²) in [5, 5.41) is 3.37. The van der Waals surface area contributed by atoms with E-state index in [0.717, 1.165) is 19.5 Å². The van der Waals surface area contributed by atoms with Crippen LogP contribution in [0.3, 0.4) is 0 Å². The number of nitrogens with one attached hydrogen (secondary N) is 1. The van der Waals surface area contributed by atoms with Gasteiger partial charge < -0.3 is 10.1 Å². The van der Waals surface area contributed by atoms with Gasteiger partial charge >= 0.3 is 0 Å². The van der Waals surface area contributed by atoms with E-state index in [2.05, 4.69) is 50.4 Å². The van der Waals surface area contributed by atoms with Gasteiger partial charge in [0.2, 0.25) is 0 Å². The van der Waals surface area contributed by atoms with Crippen molar-refractivity contribution in [1.82, 2.24) is 5.32 Å². The molecule has 0 aliphatic heterocycles. The highest BCUT2D eigenvalue weighted by Crippen LogP contribution is 2.19. The molecule has 2 nitrogen and oxygen atoms in total. The number of hydrogen-bond acceptors (Lipinski definition) is 2. The SMILES string of the molecule is CCCC(C)OC(CNCC)c1ccccc1. The normalized spacial score (nSPS) is 14.5. The third-order valence-corrected chi connectivity index (χ3v) is 2.84. The van der Waals surface area contributed by atoms with Crippen LogP contribution in [0, 0.1) is 0 Å². The first-order valence-corrected chi connectivity index (χ1v) is 6.69. The van der Waals surface area contributed by atoms with E-state index < -0.39 is 0 Å². The Kier molecular flexibility index (Phi) is 6.90. The molecule has 1 aromatic carbocycles. The first-order chi connectivity index (χ1) is 8.27. The Bertz CT molecular complexity index is 286. The molecule has 0 heterocycles. The molecule has 1 rings (SSSR count). The van der Waals surface area contributed by atoms with Crippen molar-refractivity contribution in [3.63, 3.8) is 0 Å². The second-order valence-electron chi connectivity index (χ2n) is 4.44. The Morgan fingerprint density at radius 1 is 1.18 bits per heavy atom. The molecule has 0 aliphatic rings. The topological polar surface area (TPSA) is 21.3 Å². The molecule has 0 aromatic heterocycles. The maximum atomic E-state index is 6.12. The number of benzene rings is 1. The molecule has 1 aromatic rings. The molecule has 2 heteroatoms. The summed E-state index contributed by atoms with van der Waals surface area (Å²) >= 11 is 0. The van der Waals surface area contributed by atoms with Crippen molar-refractivity contribution in [3.05, 3.63) is 35.9 Å². The molecule has 0 saturated heterocycles. The molecule has 0 saturated carbocycles. The smallest absolute Gasteiger partial charge is 0.0952 e. The molecule has 0 spiro atoms. The van der Waals surface area contributed by atoms with Gasteiger partial charge in [0.05, 0.1) is 12.2 Å². The summed E-state index contributed by atoms with van der Waals surface area (Å²) in [6, 6.07) is 10.5. The van der Waals surface area contributed by atoms with Gasteiger partial charge in [-0.3, -0.25) is 0 Å². The highest BCUT2D eigenvalue weighted by molar-refractivity contribution is 5.18. The van der Waals surface area contributed by atoms with Crippen LogP contribution in [0.1, 0.15) is 45.3 Å². The zero-order valence-corrected chi connectivity index (χ0v) is 11.3. The number of hydrogen-bond donors (Lipinski definition) is 1. The van der Waals surface area contributed by atoms with Crippen LogP contribution in [-0.2, 0) is 4.74 Å². The van der Waals surface area contributed by atoms with E-state index in [1.807, 2.05) is 6.07 Å². The Balaban J connectivity index is 2.60. The Morgan fingerprint density at radius 2 is 1.88 bits per heavy atom. The zero-order valence-electron chi connectivity index (χ0n) is 11.3. The van der Waals surface area contributed by atoms with E-state index in [0.29, 0.717) is 6.10 Å². The highest BCUT2D eigenvalue weighted by atomic mass is 16.5. The van der Waals surface area contributed by atoms with Gasteiger partial charge in [0.25, 0.3) is 0 Å². The van der Waals surface area contributed by atoms with Crippen LogP contribution in [0.15, 0.2) is 30.3 Å². The molecule has 0 aliphatic carbocycles. The quantitative estimate of drug-likeness (QED) is 0.744. The van der Waals surface area contributed by atoms with Crippen molar-refractivity contribution in [3.8, 4) is 0 Å². The summed E-state index contributed by atoms with van der Waals surface area (Å²) in [7, 11) is 0. The molecule has 1 N–H and O–H groups in total. The molecule has 17 heavy (non-hydrogen) atoms. The van der Waals surface area contributed by atoms with E-state index in [1.165, 1.54) is 12.0 Å². The van der Waals surface area contributed by atoms with Crippen LogP contribution in [0.4, 0.5) is 0 Å². The Hall–Kier alpha value is -0.860. The molecule has 0 fully saturated rings. The largest absolute Gasteiger partial charge is 0.369 e. The lowest BCUT2D eigenvalue weighted by atomic mass is 10.1. The van der Waals surface area contributed by atoms with E-state index in [-0.39, 0.29) is 6.10 Å². The average molecular weight is 235 g/mol. The van der Waals surface area contributed by atoms with Crippen LogP contribution in [0.5, 0.6) is 0 Å². The zero-order chi connectivity index (χ0) is 12.5. The molecular weight excluding hydrogens is 210 g/mol. The van der Waals surface area contributed by atoms with E-state index in [9.17, 15) is 0 Å². The summed E-state index contributed by atoms with van der Waals surface area (Å²) in [5.41, 5.74) is 1.26. The summed E-state index contributed by atoms with van der Waals surface area (Å²) in [4.78, 5) is 0. The summed E-state index contributed by atoms with van der Waals surface area (Å²) in [6.45, 7) is 8.34. The van der Waals surface area contributed by atoms with Gasteiger partial charge in [-0.2, -0.15) is 0 Å².